The Morgan fingerprint density at radius 3 is 1.91 bits per heavy atom. The van der Waals surface area contributed by atoms with Gasteiger partial charge in [-0.05, 0) is 25.8 Å². The van der Waals surface area contributed by atoms with E-state index in [1.807, 2.05) is 0 Å². The van der Waals surface area contributed by atoms with Crippen LogP contribution < -0.4 is 11.5 Å². The lowest BCUT2D eigenvalue weighted by atomic mass is 10.1. The van der Waals surface area contributed by atoms with E-state index >= 15 is 0 Å². The summed E-state index contributed by atoms with van der Waals surface area (Å²) in [6.45, 7) is 0.745. The van der Waals surface area contributed by atoms with Crippen LogP contribution in [0, 0.1) is 0 Å². The maximum atomic E-state index is 9.16. The average Bonchev–Trinajstić information content (AvgIpc) is 2.01. The quantitative estimate of drug-likeness (QED) is 0.394. The molecule has 0 aromatic heterocycles. The Kier molecular flexibility index (Phi) is 6.45. The lowest BCUT2D eigenvalue weighted by molar-refractivity contribution is 0.114. The van der Waals surface area contributed by atoms with E-state index in [2.05, 4.69) is 0 Å². The maximum Gasteiger partial charge on any atom is 0.0663 e. The molecule has 6 N–H and O–H groups in total. The highest BCUT2D eigenvalue weighted by Gasteiger charge is 2.06. The molecule has 0 bridgehead atoms. The third kappa shape index (κ3) is 6.25. The van der Waals surface area contributed by atoms with Crippen molar-refractivity contribution >= 4 is 0 Å². The molecule has 0 rings (SSSR count). The summed E-state index contributed by atoms with van der Waals surface area (Å²) in [5.74, 6) is 0. The zero-order valence-electron chi connectivity index (χ0n) is 6.74. The van der Waals surface area contributed by atoms with Gasteiger partial charge in [-0.25, -0.2) is 0 Å². The molecule has 0 aliphatic heterocycles. The van der Waals surface area contributed by atoms with E-state index in [-0.39, 0.29) is 12.6 Å². The zero-order valence-corrected chi connectivity index (χ0v) is 6.74. The summed E-state index contributed by atoms with van der Waals surface area (Å²) >= 11 is 0. The molecule has 0 fully saturated rings. The van der Waals surface area contributed by atoms with Crippen LogP contribution in [0.2, 0.25) is 0 Å². The number of hydrogen-bond donors (Lipinski definition) is 4. The van der Waals surface area contributed by atoms with Crippen molar-refractivity contribution in [3.8, 4) is 0 Å². The van der Waals surface area contributed by atoms with E-state index < -0.39 is 6.10 Å². The van der Waals surface area contributed by atoms with E-state index in [1.54, 1.807) is 0 Å². The van der Waals surface area contributed by atoms with Crippen molar-refractivity contribution < 1.29 is 10.2 Å². The molecule has 2 atom stereocenters. The number of aliphatic hydroxyl groups is 2. The summed E-state index contributed by atoms with van der Waals surface area (Å²) in [6, 6.07) is 0. The van der Waals surface area contributed by atoms with Crippen LogP contribution in [-0.2, 0) is 0 Å². The SMILES string of the molecule is NCCC(O)CCC(O)CN. The molecule has 2 unspecified atom stereocenters. The van der Waals surface area contributed by atoms with Gasteiger partial charge in [0.2, 0.25) is 0 Å². The van der Waals surface area contributed by atoms with Crippen LogP contribution in [0.3, 0.4) is 0 Å². The fraction of sp³-hybridized carbons (Fsp3) is 1.00. The van der Waals surface area contributed by atoms with Crippen LogP contribution in [0.25, 0.3) is 0 Å². The Bertz CT molecular complexity index is 90.5. The Labute approximate surface area is 67.2 Å². The minimum atomic E-state index is -0.484. The summed E-state index contributed by atoms with van der Waals surface area (Å²) in [7, 11) is 0. The summed E-state index contributed by atoms with van der Waals surface area (Å²) in [4.78, 5) is 0. The average molecular weight is 162 g/mol. The van der Waals surface area contributed by atoms with Crippen LogP contribution in [0.1, 0.15) is 19.3 Å². The van der Waals surface area contributed by atoms with Gasteiger partial charge in [0.25, 0.3) is 0 Å². The van der Waals surface area contributed by atoms with Crippen molar-refractivity contribution in [1.29, 1.82) is 0 Å². The van der Waals surface area contributed by atoms with E-state index in [4.69, 9.17) is 21.7 Å². The summed E-state index contributed by atoms with van der Waals surface area (Å²) in [5, 5.41) is 18.2. The third-order valence-corrected chi connectivity index (χ3v) is 1.61. The summed E-state index contributed by atoms with van der Waals surface area (Å²) in [6.07, 6.45) is 0.855. The second-order valence-corrected chi connectivity index (χ2v) is 2.70. The van der Waals surface area contributed by atoms with Crippen molar-refractivity contribution in [2.24, 2.45) is 11.5 Å². The zero-order chi connectivity index (χ0) is 8.69. The standard InChI is InChI=1S/C7H18N2O2/c8-4-3-6(10)1-2-7(11)5-9/h6-7,10-11H,1-5,8-9H2. The minimum absolute atomic E-state index is 0.259. The van der Waals surface area contributed by atoms with Gasteiger partial charge in [-0.15, -0.1) is 0 Å². The molecule has 0 spiro atoms. The van der Waals surface area contributed by atoms with Crippen LogP contribution in [0.5, 0.6) is 0 Å². The van der Waals surface area contributed by atoms with Gasteiger partial charge in [0, 0.05) is 6.54 Å². The van der Waals surface area contributed by atoms with E-state index in [9.17, 15) is 0 Å². The number of nitrogens with two attached hydrogens (primary N) is 2. The van der Waals surface area contributed by atoms with E-state index in [1.165, 1.54) is 0 Å². The Morgan fingerprint density at radius 1 is 0.909 bits per heavy atom. The van der Waals surface area contributed by atoms with Crippen molar-refractivity contribution in [1.82, 2.24) is 0 Å². The minimum Gasteiger partial charge on any atom is -0.393 e. The van der Waals surface area contributed by atoms with Gasteiger partial charge >= 0.3 is 0 Å². The van der Waals surface area contributed by atoms with Gasteiger partial charge in [0.05, 0.1) is 12.2 Å². The maximum absolute atomic E-state index is 9.16. The largest absolute Gasteiger partial charge is 0.393 e. The number of hydrogen-bond acceptors (Lipinski definition) is 4. The van der Waals surface area contributed by atoms with Gasteiger partial charge in [0.1, 0.15) is 0 Å². The molecular formula is C7H18N2O2. The first-order valence-electron chi connectivity index (χ1n) is 3.97. The first-order chi connectivity index (χ1) is 5.20. The summed E-state index contributed by atoms with van der Waals surface area (Å²) < 4.78 is 0. The summed E-state index contributed by atoms with van der Waals surface area (Å²) in [5.41, 5.74) is 10.4. The highest BCUT2D eigenvalue weighted by molar-refractivity contribution is 4.61. The lowest BCUT2D eigenvalue weighted by Gasteiger charge is -2.11. The molecule has 0 aromatic rings. The van der Waals surface area contributed by atoms with Crippen molar-refractivity contribution in [3.63, 3.8) is 0 Å². The van der Waals surface area contributed by atoms with Gasteiger partial charge < -0.3 is 21.7 Å². The Balaban J connectivity index is 3.22. The van der Waals surface area contributed by atoms with Crippen LogP contribution >= 0.6 is 0 Å². The molecule has 0 saturated carbocycles. The molecular weight excluding hydrogens is 144 g/mol. The number of rotatable bonds is 6. The fourth-order valence-electron chi connectivity index (χ4n) is 0.839. The number of aliphatic hydroxyl groups excluding tert-OH is 2. The first-order valence-corrected chi connectivity index (χ1v) is 3.97. The molecule has 0 amide bonds. The predicted molar refractivity (Wildman–Crippen MR) is 44.0 cm³/mol. The molecule has 0 aliphatic carbocycles. The van der Waals surface area contributed by atoms with Gasteiger partial charge in [-0.3, -0.25) is 0 Å². The van der Waals surface area contributed by atoms with Crippen molar-refractivity contribution in [3.05, 3.63) is 0 Å². The monoisotopic (exact) mass is 162 g/mol. The topological polar surface area (TPSA) is 92.5 Å². The second-order valence-electron chi connectivity index (χ2n) is 2.70. The molecule has 0 heterocycles. The molecule has 4 nitrogen and oxygen atoms in total. The molecule has 0 aliphatic rings. The Hall–Kier alpha value is -0.160. The fourth-order valence-corrected chi connectivity index (χ4v) is 0.839. The van der Waals surface area contributed by atoms with Crippen LogP contribution in [0.4, 0.5) is 0 Å². The first kappa shape index (κ1) is 10.8. The van der Waals surface area contributed by atoms with Gasteiger partial charge in [-0.2, -0.15) is 0 Å². The van der Waals surface area contributed by atoms with E-state index in [0.29, 0.717) is 25.8 Å². The van der Waals surface area contributed by atoms with Gasteiger partial charge in [0.15, 0.2) is 0 Å². The normalized spacial score (nSPS) is 16.4. The lowest BCUT2D eigenvalue weighted by Crippen LogP contribution is -2.22. The third-order valence-electron chi connectivity index (χ3n) is 1.61. The second kappa shape index (κ2) is 6.54. The molecule has 68 valence electrons. The molecule has 4 heteroatoms. The van der Waals surface area contributed by atoms with Crippen LogP contribution in [-0.4, -0.2) is 35.5 Å². The molecule has 11 heavy (non-hydrogen) atoms. The molecule has 0 aromatic carbocycles. The predicted octanol–water partition coefficient (Wildman–Crippen LogP) is -1.20. The highest BCUT2D eigenvalue weighted by Crippen LogP contribution is 2.02. The molecule has 0 saturated heterocycles. The van der Waals surface area contributed by atoms with Crippen LogP contribution in [0.15, 0.2) is 0 Å². The molecule has 0 radical (unpaired) electrons. The Morgan fingerprint density at radius 2 is 1.45 bits per heavy atom. The van der Waals surface area contributed by atoms with Crippen molar-refractivity contribution in [2.45, 2.75) is 31.5 Å². The van der Waals surface area contributed by atoms with Crippen molar-refractivity contribution in [2.75, 3.05) is 13.1 Å². The highest BCUT2D eigenvalue weighted by atomic mass is 16.3. The smallest absolute Gasteiger partial charge is 0.0663 e. The van der Waals surface area contributed by atoms with Gasteiger partial charge in [-0.1, -0.05) is 0 Å². The van der Waals surface area contributed by atoms with E-state index in [0.717, 1.165) is 0 Å².